The monoisotopic (exact) mass is 690 g/mol. The number of benzene rings is 4. The standard InChI is InChI=1S/C34H27N2O2.Pt/c1-34(2,3)26-19-24(18-25(20-26)29-13-7-8-17-35-29)27-12-9-14-31-32(27)36-33(38-31)28-21-23(15-16-30(28)37)22-10-5-4-6-11-22;/h4-17,19-21,37H,1-3H3;/q-1;. The number of nitrogens with zero attached hydrogens (tertiary/aromatic N) is 2. The van der Waals surface area contributed by atoms with E-state index in [0.29, 0.717) is 17.0 Å². The summed E-state index contributed by atoms with van der Waals surface area (Å²) in [5.74, 6) is 0.496. The van der Waals surface area contributed by atoms with Crippen LogP contribution in [0.25, 0.3) is 56.1 Å². The number of pyridine rings is 1. The van der Waals surface area contributed by atoms with E-state index >= 15 is 0 Å². The fourth-order valence-electron chi connectivity index (χ4n) is 4.61. The fourth-order valence-corrected chi connectivity index (χ4v) is 4.61. The van der Waals surface area contributed by atoms with Crippen LogP contribution in [0, 0.1) is 6.07 Å². The van der Waals surface area contributed by atoms with Crippen LogP contribution in [0.3, 0.4) is 0 Å². The summed E-state index contributed by atoms with van der Waals surface area (Å²) in [6.45, 7) is 6.60. The van der Waals surface area contributed by atoms with Gasteiger partial charge in [-0.25, -0.2) is 4.98 Å². The normalized spacial score (nSPS) is 11.4. The minimum atomic E-state index is -0.0695. The first kappa shape index (κ1) is 26.6. The minimum Gasteiger partial charge on any atom is -0.507 e. The Hall–Kier alpha value is -4.01. The van der Waals surface area contributed by atoms with Crippen molar-refractivity contribution in [3.8, 4) is 50.7 Å². The molecule has 0 aliphatic heterocycles. The van der Waals surface area contributed by atoms with Crippen LogP contribution in [0.2, 0.25) is 0 Å². The minimum absolute atomic E-state index is 0. The van der Waals surface area contributed by atoms with Gasteiger partial charge in [-0.1, -0.05) is 92.6 Å². The Balaban J connectivity index is 0.00000308. The third-order valence-electron chi connectivity index (χ3n) is 6.72. The zero-order valence-electron chi connectivity index (χ0n) is 21.9. The SMILES string of the molecule is CC(C)(C)c1cc(-c2ccccn2)[c-]c(-c2cccc3oc(-c4cc(-c5ccccc5)ccc4O)nc23)c1.[Pt]. The fraction of sp³-hybridized carbons (Fsp3) is 0.118. The Labute approximate surface area is 242 Å². The van der Waals surface area contributed by atoms with E-state index in [2.05, 4.69) is 44.0 Å². The first-order valence-electron chi connectivity index (χ1n) is 12.6. The molecule has 2 aromatic heterocycles. The van der Waals surface area contributed by atoms with E-state index in [9.17, 15) is 5.11 Å². The molecule has 39 heavy (non-hydrogen) atoms. The maximum atomic E-state index is 10.7. The van der Waals surface area contributed by atoms with Gasteiger partial charge in [0, 0.05) is 33.0 Å². The van der Waals surface area contributed by atoms with Gasteiger partial charge in [0.15, 0.2) is 0 Å². The Bertz CT molecular complexity index is 1750. The molecule has 2 heterocycles. The van der Waals surface area contributed by atoms with E-state index < -0.39 is 0 Å². The number of hydrogen-bond acceptors (Lipinski definition) is 4. The molecule has 0 amide bonds. The predicted octanol–water partition coefficient (Wildman–Crippen LogP) is 8.69. The Morgan fingerprint density at radius 1 is 0.744 bits per heavy atom. The smallest absolute Gasteiger partial charge is 0.230 e. The average Bonchev–Trinajstić information content (AvgIpc) is 3.38. The summed E-state index contributed by atoms with van der Waals surface area (Å²) in [7, 11) is 0. The zero-order chi connectivity index (χ0) is 26.3. The van der Waals surface area contributed by atoms with Crippen LogP contribution in [0.5, 0.6) is 5.75 Å². The quantitative estimate of drug-likeness (QED) is 0.188. The van der Waals surface area contributed by atoms with Gasteiger partial charge in [-0.15, -0.1) is 29.3 Å². The van der Waals surface area contributed by atoms with Crippen molar-refractivity contribution in [3.05, 3.63) is 115 Å². The zero-order valence-corrected chi connectivity index (χ0v) is 24.2. The Kier molecular flexibility index (Phi) is 7.25. The van der Waals surface area contributed by atoms with Crippen molar-refractivity contribution >= 4 is 11.1 Å². The second-order valence-corrected chi connectivity index (χ2v) is 10.4. The molecule has 4 aromatic carbocycles. The third-order valence-corrected chi connectivity index (χ3v) is 6.72. The van der Waals surface area contributed by atoms with Crippen molar-refractivity contribution < 1.29 is 30.6 Å². The van der Waals surface area contributed by atoms with Crippen molar-refractivity contribution in [2.24, 2.45) is 0 Å². The summed E-state index contributed by atoms with van der Waals surface area (Å²) in [5, 5.41) is 10.7. The van der Waals surface area contributed by atoms with Gasteiger partial charge < -0.3 is 9.52 Å². The molecule has 0 bridgehead atoms. The molecular formula is C34H27N2O2Pt-. The molecule has 0 aliphatic carbocycles. The van der Waals surface area contributed by atoms with Gasteiger partial charge in [-0.3, -0.25) is 4.98 Å². The number of rotatable bonds is 4. The number of phenols is 1. The van der Waals surface area contributed by atoms with Crippen LogP contribution in [0.1, 0.15) is 26.3 Å². The molecule has 196 valence electrons. The van der Waals surface area contributed by atoms with Gasteiger partial charge in [-0.2, -0.15) is 0 Å². The Morgan fingerprint density at radius 2 is 1.51 bits per heavy atom. The van der Waals surface area contributed by atoms with Crippen molar-refractivity contribution in [1.82, 2.24) is 9.97 Å². The first-order valence-corrected chi connectivity index (χ1v) is 12.6. The number of aromatic nitrogens is 2. The van der Waals surface area contributed by atoms with Crippen LogP contribution in [0.15, 0.2) is 108 Å². The maximum absolute atomic E-state index is 10.7. The molecule has 0 unspecified atom stereocenters. The number of oxazole rings is 1. The largest absolute Gasteiger partial charge is 0.507 e. The average molecular weight is 691 g/mol. The van der Waals surface area contributed by atoms with E-state index in [4.69, 9.17) is 9.40 Å². The van der Waals surface area contributed by atoms with Gasteiger partial charge in [-0.05, 0) is 40.8 Å². The second kappa shape index (κ2) is 10.6. The number of phenolic OH excluding ortho intramolecular Hbond substituents is 1. The number of aromatic hydroxyl groups is 1. The van der Waals surface area contributed by atoms with Crippen molar-refractivity contribution in [2.75, 3.05) is 0 Å². The number of para-hydroxylation sites is 1. The van der Waals surface area contributed by atoms with Crippen molar-refractivity contribution in [3.63, 3.8) is 0 Å². The van der Waals surface area contributed by atoms with E-state index in [1.165, 1.54) is 5.56 Å². The van der Waals surface area contributed by atoms with Gasteiger partial charge in [0.1, 0.15) is 11.3 Å². The van der Waals surface area contributed by atoms with Gasteiger partial charge >= 0.3 is 0 Å². The molecule has 1 N–H and O–H groups in total. The summed E-state index contributed by atoms with van der Waals surface area (Å²) < 4.78 is 6.20. The molecule has 5 heteroatoms. The van der Waals surface area contributed by atoms with Crippen LogP contribution in [-0.4, -0.2) is 15.1 Å². The Morgan fingerprint density at radius 3 is 2.26 bits per heavy atom. The molecule has 0 saturated carbocycles. The predicted molar refractivity (Wildman–Crippen MR) is 153 cm³/mol. The van der Waals surface area contributed by atoms with E-state index in [1.54, 1.807) is 12.3 Å². The molecule has 0 saturated heterocycles. The van der Waals surface area contributed by atoms with Crippen LogP contribution in [0.4, 0.5) is 0 Å². The summed E-state index contributed by atoms with van der Waals surface area (Å²) in [6.07, 6.45) is 1.80. The topological polar surface area (TPSA) is 59.2 Å². The van der Waals surface area contributed by atoms with Gasteiger partial charge in [0.25, 0.3) is 0 Å². The summed E-state index contributed by atoms with van der Waals surface area (Å²) in [5.41, 5.74) is 8.71. The second-order valence-electron chi connectivity index (χ2n) is 10.4. The van der Waals surface area contributed by atoms with Gasteiger partial charge in [0.05, 0.1) is 11.1 Å². The molecule has 0 fully saturated rings. The van der Waals surface area contributed by atoms with Crippen LogP contribution >= 0.6 is 0 Å². The molecule has 6 aromatic rings. The maximum Gasteiger partial charge on any atom is 0.230 e. The molecule has 0 aliphatic rings. The van der Waals surface area contributed by atoms with Crippen LogP contribution < -0.4 is 0 Å². The third kappa shape index (κ3) is 5.30. The van der Waals surface area contributed by atoms with E-state index in [1.807, 2.05) is 78.9 Å². The van der Waals surface area contributed by atoms with Crippen LogP contribution in [-0.2, 0) is 26.5 Å². The number of hydrogen-bond donors (Lipinski definition) is 1. The molecule has 4 nitrogen and oxygen atoms in total. The molecular weight excluding hydrogens is 663 g/mol. The number of fused-ring (bicyclic) bond motifs is 1. The molecule has 6 rings (SSSR count). The summed E-state index contributed by atoms with van der Waals surface area (Å²) in [6, 6.07) is 35.3. The van der Waals surface area contributed by atoms with Crippen molar-refractivity contribution in [1.29, 1.82) is 0 Å². The first-order chi connectivity index (χ1) is 18.4. The van der Waals surface area contributed by atoms with Crippen molar-refractivity contribution in [2.45, 2.75) is 26.2 Å². The molecule has 0 spiro atoms. The van der Waals surface area contributed by atoms with Gasteiger partial charge in [0.2, 0.25) is 5.89 Å². The molecule has 0 atom stereocenters. The van der Waals surface area contributed by atoms with E-state index in [0.717, 1.165) is 39.0 Å². The van der Waals surface area contributed by atoms with E-state index in [-0.39, 0.29) is 32.2 Å². The summed E-state index contributed by atoms with van der Waals surface area (Å²) >= 11 is 0. The molecule has 0 radical (unpaired) electrons. The summed E-state index contributed by atoms with van der Waals surface area (Å²) in [4.78, 5) is 9.45.